The SMILES string of the molecule is COCc1nc(Nc2ccc(C(F)(F)F)nc2)c2ccc(-c3ncccc3C)nc2n1. The molecule has 158 valence electrons. The molecule has 0 spiro atoms. The second-order valence-corrected chi connectivity index (χ2v) is 6.71. The Morgan fingerprint density at radius 1 is 1.00 bits per heavy atom. The second kappa shape index (κ2) is 8.23. The topological polar surface area (TPSA) is 85.7 Å². The third-order valence-corrected chi connectivity index (χ3v) is 4.45. The molecule has 31 heavy (non-hydrogen) atoms. The number of aromatic nitrogens is 5. The summed E-state index contributed by atoms with van der Waals surface area (Å²) in [6.07, 6.45) is -1.71. The van der Waals surface area contributed by atoms with E-state index < -0.39 is 11.9 Å². The lowest BCUT2D eigenvalue weighted by Gasteiger charge is -2.12. The van der Waals surface area contributed by atoms with Crippen molar-refractivity contribution < 1.29 is 17.9 Å². The molecule has 0 bridgehead atoms. The number of rotatable bonds is 5. The zero-order chi connectivity index (χ0) is 22.0. The van der Waals surface area contributed by atoms with Crippen LogP contribution in [0.3, 0.4) is 0 Å². The van der Waals surface area contributed by atoms with E-state index in [0.29, 0.717) is 34.1 Å². The Hall–Kier alpha value is -3.66. The number of anilines is 2. The second-order valence-electron chi connectivity index (χ2n) is 6.71. The first-order valence-corrected chi connectivity index (χ1v) is 9.24. The summed E-state index contributed by atoms with van der Waals surface area (Å²) < 4.78 is 43.4. The first-order chi connectivity index (χ1) is 14.8. The molecular weight excluding hydrogens is 409 g/mol. The minimum absolute atomic E-state index is 0.143. The lowest BCUT2D eigenvalue weighted by atomic mass is 10.1. The maximum atomic E-state index is 12.8. The van der Waals surface area contributed by atoms with Crippen molar-refractivity contribution in [3.63, 3.8) is 0 Å². The summed E-state index contributed by atoms with van der Waals surface area (Å²) in [5, 5.41) is 3.60. The fourth-order valence-electron chi connectivity index (χ4n) is 3.00. The number of fused-ring (bicyclic) bond motifs is 1. The highest BCUT2D eigenvalue weighted by atomic mass is 19.4. The summed E-state index contributed by atoms with van der Waals surface area (Å²) in [7, 11) is 1.52. The van der Waals surface area contributed by atoms with Gasteiger partial charge in [-0.15, -0.1) is 0 Å². The van der Waals surface area contributed by atoms with Gasteiger partial charge in [0.15, 0.2) is 11.5 Å². The van der Waals surface area contributed by atoms with Crippen molar-refractivity contribution in [2.24, 2.45) is 0 Å². The van der Waals surface area contributed by atoms with E-state index in [1.165, 1.54) is 13.2 Å². The molecule has 0 radical (unpaired) electrons. The lowest BCUT2D eigenvalue weighted by molar-refractivity contribution is -0.141. The van der Waals surface area contributed by atoms with Gasteiger partial charge in [0.2, 0.25) is 0 Å². The molecule has 7 nitrogen and oxygen atoms in total. The Morgan fingerprint density at radius 3 is 2.52 bits per heavy atom. The van der Waals surface area contributed by atoms with Gasteiger partial charge in [0.1, 0.15) is 18.1 Å². The molecule has 0 fully saturated rings. The molecule has 4 aromatic rings. The molecule has 4 heterocycles. The zero-order valence-electron chi connectivity index (χ0n) is 16.6. The third-order valence-electron chi connectivity index (χ3n) is 4.45. The smallest absolute Gasteiger partial charge is 0.377 e. The van der Waals surface area contributed by atoms with Crippen LogP contribution in [-0.4, -0.2) is 32.0 Å². The molecule has 1 N–H and O–H groups in total. The summed E-state index contributed by atoms with van der Waals surface area (Å²) in [4.78, 5) is 21.4. The number of methoxy groups -OCH3 is 1. The largest absolute Gasteiger partial charge is 0.433 e. The van der Waals surface area contributed by atoms with Crippen LogP contribution < -0.4 is 5.32 Å². The van der Waals surface area contributed by atoms with Crippen molar-refractivity contribution in [1.82, 2.24) is 24.9 Å². The van der Waals surface area contributed by atoms with Crippen molar-refractivity contribution in [3.05, 3.63) is 65.9 Å². The number of hydrogen-bond acceptors (Lipinski definition) is 7. The Balaban J connectivity index is 1.76. The van der Waals surface area contributed by atoms with Gasteiger partial charge in [-0.1, -0.05) is 6.07 Å². The number of aryl methyl sites for hydroxylation is 1. The van der Waals surface area contributed by atoms with Gasteiger partial charge in [0, 0.05) is 13.3 Å². The van der Waals surface area contributed by atoms with Crippen LogP contribution in [-0.2, 0) is 17.5 Å². The van der Waals surface area contributed by atoms with Gasteiger partial charge in [-0.3, -0.25) is 4.98 Å². The molecule has 0 saturated heterocycles. The number of nitrogens with one attached hydrogen (secondary N) is 1. The third kappa shape index (κ3) is 4.43. The molecule has 0 saturated carbocycles. The van der Waals surface area contributed by atoms with E-state index in [1.807, 2.05) is 19.1 Å². The molecule has 0 aliphatic rings. The van der Waals surface area contributed by atoms with E-state index >= 15 is 0 Å². The van der Waals surface area contributed by atoms with Gasteiger partial charge >= 0.3 is 6.18 Å². The van der Waals surface area contributed by atoms with Crippen LogP contribution in [0.25, 0.3) is 22.4 Å². The van der Waals surface area contributed by atoms with E-state index in [2.05, 4.69) is 30.2 Å². The Kier molecular flexibility index (Phi) is 5.47. The van der Waals surface area contributed by atoms with Gasteiger partial charge < -0.3 is 10.1 Å². The van der Waals surface area contributed by atoms with Crippen molar-refractivity contribution in [1.29, 1.82) is 0 Å². The van der Waals surface area contributed by atoms with E-state index in [1.54, 1.807) is 18.3 Å². The maximum Gasteiger partial charge on any atom is 0.433 e. The van der Waals surface area contributed by atoms with Gasteiger partial charge in [-0.2, -0.15) is 13.2 Å². The van der Waals surface area contributed by atoms with Gasteiger partial charge in [-0.25, -0.2) is 19.9 Å². The standard InChI is InChI=1S/C21H17F3N6O/c1-12-4-3-9-25-18(12)15-7-6-14-19(29-17(11-31-2)30-20(14)28-15)27-13-5-8-16(26-10-13)21(22,23)24/h3-10H,11H2,1-2H3,(H,27,28,29,30). The Labute approximate surface area is 175 Å². The van der Waals surface area contributed by atoms with Crippen molar-refractivity contribution >= 4 is 22.5 Å². The van der Waals surface area contributed by atoms with Crippen LogP contribution >= 0.6 is 0 Å². The van der Waals surface area contributed by atoms with E-state index in [0.717, 1.165) is 23.5 Å². The fraction of sp³-hybridized carbons (Fsp3) is 0.190. The van der Waals surface area contributed by atoms with E-state index in [9.17, 15) is 13.2 Å². The highest BCUT2D eigenvalue weighted by Gasteiger charge is 2.32. The van der Waals surface area contributed by atoms with Crippen LogP contribution in [0, 0.1) is 6.92 Å². The summed E-state index contributed by atoms with van der Waals surface area (Å²) in [6.45, 7) is 2.08. The minimum Gasteiger partial charge on any atom is -0.377 e. The molecule has 4 aromatic heterocycles. The number of alkyl halides is 3. The number of hydrogen-bond donors (Lipinski definition) is 1. The molecular formula is C21H17F3N6O. The summed E-state index contributed by atoms with van der Waals surface area (Å²) in [5.41, 5.74) is 2.14. The Bertz CT molecular complexity index is 1230. The highest BCUT2D eigenvalue weighted by molar-refractivity contribution is 5.89. The van der Waals surface area contributed by atoms with Crippen molar-refractivity contribution in [3.8, 4) is 11.4 Å². The van der Waals surface area contributed by atoms with Gasteiger partial charge in [-0.05, 0) is 42.8 Å². The maximum absolute atomic E-state index is 12.8. The van der Waals surface area contributed by atoms with Crippen molar-refractivity contribution in [2.75, 3.05) is 12.4 Å². The first kappa shape index (κ1) is 20.6. The Morgan fingerprint density at radius 2 is 1.84 bits per heavy atom. The van der Waals surface area contributed by atoms with Crippen LogP contribution in [0.15, 0.2) is 48.8 Å². The average Bonchev–Trinajstić information content (AvgIpc) is 2.74. The highest BCUT2D eigenvalue weighted by Crippen LogP contribution is 2.30. The summed E-state index contributed by atoms with van der Waals surface area (Å²) in [6, 6.07) is 9.57. The molecule has 10 heteroatoms. The van der Waals surface area contributed by atoms with Crippen LogP contribution in [0.2, 0.25) is 0 Å². The summed E-state index contributed by atoms with van der Waals surface area (Å²) >= 11 is 0. The number of pyridine rings is 3. The molecule has 0 aromatic carbocycles. The zero-order valence-corrected chi connectivity index (χ0v) is 16.6. The predicted molar refractivity (Wildman–Crippen MR) is 109 cm³/mol. The lowest BCUT2D eigenvalue weighted by Crippen LogP contribution is -2.08. The van der Waals surface area contributed by atoms with Crippen molar-refractivity contribution in [2.45, 2.75) is 19.7 Å². The van der Waals surface area contributed by atoms with Gasteiger partial charge in [0.05, 0.1) is 28.7 Å². The molecule has 0 amide bonds. The van der Waals surface area contributed by atoms with Crippen LogP contribution in [0.1, 0.15) is 17.1 Å². The summed E-state index contributed by atoms with van der Waals surface area (Å²) in [5.74, 6) is 0.759. The molecule has 0 unspecified atom stereocenters. The molecule has 0 atom stereocenters. The first-order valence-electron chi connectivity index (χ1n) is 9.24. The fourth-order valence-corrected chi connectivity index (χ4v) is 3.00. The molecule has 0 aliphatic carbocycles. The van der Waals surface area contributed by atoms with E-state index in [-0.39, 0.29) is 6.61 Å². The quantitative estimate of drug-likeness (QED) is 0.495. The number of nitrogens with zero attached hydrogens (tertiary/aromatic N) is 5. The normalized spacial score (nSPS) is 11.6. The van der Waals surface area contributed by atoms with Crippen LogP contribution in [0.4, 0.5) is 24.7 Å². The minimum atomic E-state index is -4.50. The van der Waals surface area contributed by atoms with E-state index in [4.69, 9.17) is 4.74 Å². The predicted octanol–water partition coefficient (Wildman–Crippen LogP) is 4.70. The molecule has 0 aliphatic heterocycles. The van der Waals surface area contributed by atoms with Crippen LogP contribution in [0.5, 0.6) is 0 Å². The molecule has 4 rings (SSSR count). The average molecular weight is 426 g/mol. The number of ether oxygens (including phenoxy) is 1. The monoisotopic (exact) mass is 426 g/mol. The van der Waals surface area contributed by atoms with Gasteiger partial charge in [0.25, 0.3) is 0 Å². The number of halogens is 3.